The molecule has 3 heterocycles. The van der Waals surface area contributed by atoms with E-state index in [2.05, 4.69) is 26.1 Å². The van der Waals surface area contributed by atoms with Crippen LogP contribution >= 0.6 is 39.7 Å². The molecule has 0 spiro atoms. The summed E-state index contributed by atoms with van der Waals surface area (Å²) in [6, 6.07) is 2.09. The normalized spacial score (nSPS) is 24.4. The van der Waals surface area contributed by atoms with Crippen LogP contribution in [0.15, 0.2) is 14.7 Å². The first-order valence-corrected chi connectivity index (χ1v) is 10.2. The van der Waals surface area contributed by atoms with Gasteiger partial charge in [-0.25, -0.2) is 8.42 Å². The SMILES string of the molecule is Cc1sc(Br)cc1S(=O)(=O)N1CCC(N2CCNCC2)C1.Cl. The van der Waals surface area contributed by atoms with E-state index in [9.17, 15) is 8.42 Å². The molecule has 5 nitrogen and oxygen atoms in total. The number of nitrogens with one attached hydrogen (secondary N) is 1. The molecule has 0 aromatic carbocycles. The molecular weight excluding hydrogens is 410 g/mol. The molecule has 3 rings (SSSR count). The number of nitrogens with zero attached hydrogens (tertiary/aromatic N) is 2. The molecular formula is C13H21BrClN3O2S2. The van der Waals surface area contributed by atoms with Crippen molar-refractivity contribution in [3.8, 4) is 0 Å². The number of hydrogen-bond acceptors (Lipinski definition) is 5. The summed E-state index contributed by atoms with van der Waals surface area (Å²) >= 11 is 4.85. The Morgan fingerprint density at radius 1 is 1.32 bits per heavy atom. The van der Waals surface area contributed by atoms with Gasteiger partial charge in [0.25, 0.3) is 0 Å². The lowest BCUT2D eigenvalue weighted by molar-refractivity contribution is 0.179. The lowest BCUT2D eigenvalue weighted by atomic mass is 10.2. The molecule has 126 valence electrons. The Hall–Kier alpha value is 0.300. The summed E-state index contributed by atoms with van der Waals surface area (Å²) in [6.07, 6.45) is 0.934. The molecule has 9 heteroatoms. The summed E-state index contributed by atoms with van der Waals surface area (Å²) in [5, 5.41) is 3.34. The third kappa shape index (κ3) is 3.68. The van der Waals surface area contributed by atoms with Gasteiger partial charge in [0.05, 0.1) is 8.68 Å². The number of hydrogen-bond donors (Lipinski definition) is 1. The van der Waals surface area contributed by atoms with Gasteiger partial charge in [0, 0.05) is 50.2 Å². The molecule has 2 aliphatic heterocycles. The van der Waals surface area contributed by atoms with Gasteiger partial charge in [-0.2, -0.15) is 4.31 Å². The molecule has 0 radical (unpaired) electrons. The first-order chi connectivity index (χ1) is 9.98. The maximum absolute atomic E-state index is 12.8. The first-order valence-electron chi connectivity index (χ1n) is 7.19. The number of thiophene rings is 1. The second-order valence-electron chi connectivity index (χ2n) is 5.56. The van der Waals surface area contributed by atoms with Crippen molar-refractivity contribution < 1.29 is 8.42 Å². The molecule has 1 aromatic rings. The zero-order valence-corrected chi connectivity index (χ0v) is 16.5. The van der Waals surface area contributed by atoms with Crippen molar-refractivity contribution >= 4 is 49.7 Å². The predicted molar refractivity (Wildman–Crippen MR) is 95.6 cm³/mol. The summed E-state index contributed by atoms with van der Waals surface area (Å²) in [5.41, 5.74) is 0. The molecule has 2 saturated heterocycles. The monoisotopic (exact) mass is 429 g/mol. The van der Waals surface area contributed by atoms with E-state index < -0.39 is 10.0 Å². The molecule has 0 saturated carbocycles. The van der Waals surface area contributed by atoms with E-state index in [0.717, 1.165) is 41.3 Å². The Morgan fingerprint density at radius 2 is 2.00 bits per heavy atom. The summed E-state index contributed by atoms with van der Waals surface area (Å²) in [6.45, 7) is 7.15. The van der Waals surface area contributed by atoms with Crippen molar-refractivity contribution in [1.29, 1.82) is 0 Å². The van der Waals surface area contributed by atoms with E-state index in [-0.39, 0.29) is 12.4 Å². The smallest absolute Gasteiger partial charge is 0.244 e. The fraction of sp³-hybridized carbons (Fsp3) is 0.692. The van der Waals surface area contributed by atoms with Crippen LogP contribution in [0, 0.1) is 6.92 Å². The highest BCUT2D eigenvalue weighted by Gasteiger charge is 2.36. The van der Waals surface area contributed by atoms with E-state index in [4.69, 9.17) is 0 Å². The standard InChI is InChI=1S/C13H20BrN3O2S2.ClH/c1-10-12(8-13(14)20-10)21(18,19)17-5-2-11(9-17)16-6-3-15-4-7-16;/h8,11,15H,2-7,9H2,1H3;1H. The number of piperazine rings is 1. The van der Waals surface area contributed by atoms with Crippen LogP contribution in [0.4, 0.5) is 0 Å². The largest absolute Gasteiger partial charge is 0.314 e. The van der Waals surface area contributed by atoms with E-state index in [1.54, 1.807) is 10.4 Å². The minimum atomic E-state index is -3.35. The van der Waals surface area contributed by atoms with Gasteiger partial charge in [-0.1, -0.05) is 0 Å². The molecule has 22 heavy (non-hydrogen) atoms. The van der Waals surface area contributed by atoms with E-state index in [1.165, 1.54) is 11.3 Å². The fourth-order valence-electron chi connectivity index (χ4n) is 3.10. The van der Waals surface area contributed by atoms with Gasteiger partial charge in [-0.05, 0) is 35.3 Å². The fourth-order valence-corrected chi connectivity index (χ4v) is 6.98. The average molecular weight is 431 g/mol. The lowest BCUT2D eigenvalue weighted by Gasteiger charge is -2.32. The van der Waals surface area contributed by atoms with Crippen molar-refractivity contribution in [2.45, 2.75) is 24.3 Å². The van der Waals surface area contributed by atoms with Crippen LogP contribution in [0.5, 0.6) is 0 Å². The number of aryl methyl sites for hydroxylation is 1. The highest BCUT2D eigenvalue weighted by atomic mass is 79.9. The third-order valence-corrected chi connectivity index (χ3v) is 7.93. The van der Waals surface area contributed by atoms with Crippen LogP contribution in [-0.2, 0) is 10.0 Å². The Morgan fingerprint density at radius 3 is 2.59 bits per heavy atom. The van der Waals surface area contributed by atoms with Gasteiger partial charge < -0.3 is 5.32 Å². The molecule has 1 unspecified atom stereocenters. The Labute approximate surface area is 150 Å². The quantitative estimate of drug-likeness (QED) is 0.796. The second kappa shape index (κ2) is 7.46. The molecule has 2 aliphatic rings. The van der Waals surface area contributed by atoms with Crippen molar-refractivity contribution in [3.05, 3.63) is 14.7 Å². The number of sulfonamides is 1. The number of halogens is 2. The zero-order chi connectivity index (χ0) is 15.0. The lowest BCUT2D eigenvalue weighted by Crippen LogP contribution is -2.49. The van der Waals surface area contributed by atoms with E-state index in [1.807, 2.05) is 6.92 Å². The minimum Gasteiger partial charge on any atom is -0.314 e. The van der Waals surface area contributed by atoms with Crippen molar-refractivity contribution in [2.75, 3.05) is 39.3 Å². The molecule has 2 fully saturated rings. The van der Waals surface area contributed by atoms with Crippen molar-refractivity contribution in [1.82, 2.24) is 14.5 Å². The third-order valence-electron chi connectivity index (χ3n) is 4.25. The molecule has 0 bridgehead atoms. The van der Waals surface area contributed by atoms with Crippen molar-refractivity contribution in [3.63, 3.8) is 0 Å². The van der Waals surface area contributed by atoms with Crippen LogP contribution in [0.1, 0.15) is 11.3 Å². The highest BCUT2D eigenvalue weighted by molar-refractivity contribution is 9.11. The van der Waals surface area contributed by atoms with E-state index in [0.29, 0.717) is 24.0 Å². The van der Waals surface area contributed by atoms with Crippen LogP contribution in [0.2, 0.25) is 0 Å². The topological polar surface area (TPSA) is 52.7 Å². The molecule has 0 aliphatic carbocycles. The Bertz CT molecular complexity index is 617. The highest BCUT2D eigenvalue weighted by Crippen LogP contribution is 2.33. The van der Waals surface area contributed by atoms with E-state index >= 15 is 0 Å². The van der Waals surface area contributed by atoms with Crippen LogP contribution in [-0.4, -0.2) is 62.9 Å². The van der Waals surface area contributed by atoms with Crippen LogP contribution < -0.4 is 5.32 Å². The molecule has 1 aromatic heterocycles. The minimum absolute atomic E-state index is 0. The molecule has 1 atom stereocenters. The van der Waals surface area contributed by atoms with Gasteiger partial charge in [0.2, 0.25) is 10.0 Å². The predicted octanol–water partition coefficient (Wildman–Crippen LogP) is 1.91. The summed E-state index contributed by atoms with van der Waals surface area (Å²) in [4.78, 5) is 3.73. The Kier molecular flexibility index (Phi) is 6.32. The maximum Gasteiger partial charge on any atom is 0.244 e. The first kappa shape index (κ1) is 18.6. The molecule has 0 amide bonds. The van der Waals surface area contributed by atoms with Gasteiger partial charge >= 0.3 is 0 Å². The van der Waals surface area contributed by atoms with Gasteiger partial charge in [0.15, 0.2) is 0 Å². The van der Waals surface area contributed by atoms with Crippen LogP contribution in [0.25, 0.3) is 0 Å². The van der Waals surface area contributed by atoms with Gasteiger partial charge in [0.1, 0.15) is 0 Å². The summed E-state index contributed by atoms with van der Waals surface area (Å²) in [7, 11) is -3.35. The van der Waals surface area contributed by atoms with Gasteiger partial charge in [-0.3, -0.25) is 4.90 Å². The van der Waals surface area contributed by atoms with Gasteiger partial charge in [-0.15, -0.1) is 23.7 Å². The zero-order valence-electron chi connectivity index (χ0n) is 12.4. The maximum atomic E-state index is 12.8. The second-order valence-corrected chi connectivity index (χ2v) is 10.1. The number of rotatable bonds is 3. The Balaban J connectivity index is 0.00000176. The van der Waals surface area contributed by atoms with Crippen LogP contribution in [0.3, 0.4) is 0 Å². The van der Waals surface area contributed by atoms with Crippen molar-refractivity contribution in [2.24, 2.45) is 0 Å². The average Bonchev–Trinajstić information content (AvgIpc) is 3.07. The summed E-state index contributed by atoms with van der Waals surface area (Å²) in [5.74, 6) is 0. The summed E-state index contributed by atoms with van der Waals surface area (Å²) < 4.78 is 28.1. The molecule has 1 N–H and O–H groups in total.